The second-order valence-electron chi connectivity index (χ2n) is 11.5. The number of ether oxygens (including phenoxy) is 2. The molecular weight excluding hydrogens is 596 g/mol. The van der Waals surface area contributed by atoms with E-state index in [-0.39, 0.29) is 5.78 Å². The lowest BCUT2D eigenvalue weighted by atomic mass is 9.94. The van der Waals surface area contributed by atoms with Crippen LogP contribution in [0.3, 0.4) is 0 Å². The van der Waals surface area contributed by atoms with Crippen molar-refractivity contribution >= 4 is 30.1 Å². The van der Waals surface area contributed by atoms with Crippen LogP contribution in [-0.4, -0.2) is 39.6 Å². The maximum absolute atomic E-state index is 14.9. The molecule has 0 spiro atoms. The maximum Gasteiger partial charge on any atom is 0.182 e. The van der Waals surface area contributed by atoms with E-state index in [4.69, 9.17) is 19.7 Å². The van der Waals surface area contributed by atoms with Crippen LogP contribution in [0.2, 0.25) is 0 Å². The smallest absolute Gasteiger partial charge is 0.182 e. The molecule has 0 fully saturated rings. The summed E-state index contributed by atoms with van der Waals surface area (Å²) in [5.74, 6) is 1.53. The molecule has 6 rings (SSSR count). The summed E-state index contributed by atoms with van der Waals surface area (Å²) in [6.45, 7) is 0. The first-order valence-corrected chi connectivity index (χ1v) is 15.9. The average molecular weight is 635 g/mol. The predicted molar refractivity (Wildman–Crippen MR) is 192 cm³/mol. The molecule has 7 heteroatoms. The summed E-state index contributed by atoms with van der Waals surface area (Å²) in [4.78, 5) is 14.9. The molecule has 240 valence electrons. The Hall–Kier alpha value is -5.95. The minimum absolute atomic E-state index is 0.00464. The Labute approximate surface area is 281 Å². The third kappa shape index (κ3) is 8.25. The van der Waals surface area contributed by atoms with E-state index in [1.54, 1.807) is 23.6 Å². The number of rotatable bonds is 14. The van der Waals surface area contributed by atoms with E-state index in [0.29, 0.717) is 12.8 Å². The number of benzene rings is 4. The van der Waals surface area contributed by atoms with E-state index in [1.807, 2.05) is 158 Å². The van der Waals surface area contributed by atoms with Gasteiger partial charge in [0.15, 0.2) is 5.78 Å². The van der Waals surface area contributed by atoms with Crippen LogP contribution < -0.4 is 9.47 Å². The minimum atomic E-state index is -0.590. The molecule has 2 atom stereocenters. The van der Waals surface area contributed by atoms with Crippen molar-refractivity contribution in [2.45, 2.75) is 24.9 Å². The van der Waals surface area contributed by atoms with Gasteiger partial charge in [0.2, 0.25) is 0 Å². The Bertz CT molecular complexity index is 1810. The topological polar surface area (TPSA) is 71.2 Å². The van der Waals surface area contributed by atoms with Gasteiger partial charge in [-0.3, -0.25) is 14.2 Å². The summed E-state index contributed by atoms with van der Waals surface area (Å²) in [5.41, 5.74) is 5.69. The summed E-state index contributed by atoms with van der Waals surface area (Å²) >= 11 is 0. The quantitative estimate of drug-likeness (QED) is 0.121. The normalized spacial score (nSPS) is 12.7. The molecule has 0 aliphatic heterocycles. The molecule has 6 aromatic rings. The molecule has 0 radical (unpaired) electrons. The fourth-order valence-electron chi connectivity index (χ4n) is 5.56. The van der Waals surface area contributed by atoms with Gasteiger partial charge in [0, 0.05) is 25.2 Å². The van der Waals surface area contributed by atoms with Gasteiger partial charge in [-0.2, -0.15) is 10.2 Å². The molecule has 0 aliphatic carbocycles. The molecule has 0 bridgehead atoms. The van der Waals surface area contributed by atoms with Gasteiger partial charge in [0.25, 0.3) is 0 Å². The van der Waals surface area contributed by atoms with E-state index in [1.165, 1.54) is 0 Å². The lowest BCUT2D eigenvalue weighted by Gasteiger charge is -2.24. The molecule has 0 saturated carbocycles. The second kappa shape index (κ2) is 15.6. The third-order valence-corrected chi connectivity index (χ3v) is 8.22. The lowest BCUT2D eigenvalue weighted by Crippen LogP contribution is -2.32. The number of hydrogen-bond acceptors (Lipinski definition) is 5. The Morgan fingerprint density at radius 2 is 0.958 bits per heavy atom. The SMILES string of the molecule is COc1ccc(CC(C(=O)C(Cc2ccc(OC)cc2)n2ccc(/C=C/c3ccccc3)n2)n2ccc(/C=C/c3ccccc3)n2)cc1. The molecular formula is C41H38N4O3. The van der Waals surface area contributed by atoms with Crippen LogP contribution in [-0.2, 0) is 17.6 Å². The number of methoxy groups -OCH3 is 2. The standard InChI is InChI=1S/C41H38N4O3/c1-47-37-21-15-33(16-22-37)29-39(44-27-25-35(42-44)19-13-31-9-5-3-6-10-31)41(46)40(30-34-17-23-38(48-2)24-18-34)45-28-26-36(43-45)20-14-32-11-7-4-8-12-32/h3-28,39-40H,29-30H2,1-2H3/b19-13+,20-14+. The van der Waals surface area contributed by atoms with Gasteiger partial charge in [-0.25, -0.2) is 0 Å². The Balaban J connectivity index is 1.35. The molecule has 0 saturated heterocycles. The Morgan fingerprint density at radius 3 is 1.33 bits per heavy atom. The first-order chi connectivity index (χ1) is 23.6. The van der Waals surface area contributed by atoms with E-state index in [2.05, 4.69) is 0 Å². The van der Waals surface area contributed by atoms with Gasteiger partial charge >= 0.3 is 0 Å². The first kappa shape index (κ1) is 32.0. The summed E-state index contributed by atoms with van der Waals surface area (Å²) in [6, 6.07) is 38.5. The van der Waals surface area contributed by atoms with Crippen LogP contribution in [0.25, 0.3) is 24.3 Å². The van der Waals surface area contributed by atoms with Crippen LogP contribution in [0.4, 0.5) is 0 Å². The van der Waals surface area contributed by atoms with Gasteiger partial charge in [-0.15, -0.1) is 0 Å². The highest BCUT2D eigenvalue weighted by Crippen LogP contribution is 2.27. The highest BCUT2D eigenvalue weighted by Gasteiger charge is 2.31. The molecule has 48 heavy (non-hydrogen) atoms. The number of hydrogen-bond donors (Lipinski definition) is 0. The molecule has 2 heterocycles. The second-order valence-corrected chi connectivity index (χ2v) is 11.5. The van der Waals surface area contributed by atoms with Crippen molar-refractivity contribution < 1.29 is 14.3 Å². The zero-order valence-electron chi connectivity index (χ0n) is 27.1. The van der Waals surface area contributed by atoms with E-state index >= 15 is 0 Å². The zero-order chi connectivity index (χ0) is 33.1. The fourth-order valence-corrected chi connectivity index (χ4v) is 5.56. The zero-order valence-corrected chi connectivity index (χ0v) is 27.1. The van der Waals surface area contributed by atoms with E-state index in [0.717, 1.165) is 45.1 Å². The van der Waals surface area contributed by atoms with Crippen molar-refractivity contribution in [3.8, 4) is 11.5 Å². The van der Waals surface area contributed by atoms with Crippen LogP contribution in [0.15, 0.2) is 134 Å². The summed E-state index contributed by atoms with van der Waals surface area (Å²) in [7, 11) is 3.29. The largest absolute Gasteiger partial charge is 0.497 e. The van der Waals surface area contributed by atoms with Crippen molar-refractivity contribution in [1.29, 1.82) is 0 Å². The average Bonchev–Trinajstić information content (AvgIpc) is 3.82. The molecule has 7 nitrogen and oxygen atoms in total. The van der Waals surface area contributed by atoms with Crippen LogP contribution in [0.5, 0.6) is 11.5 Å². The van der Waals surface area contributed by atoms with Gasteiger partial charge in [0.05, 0.1) is 25.6 Å². The molecule has 0 N–H and O–H groups in total. The van der Waals surface area contributed by atoms with Crippen molar-refractivity contribution in [2.24, 2.45) is 0 Å². The predicted octanol–water partition coefficient (Wildman–Crippen LogP) is 8.27. The monoisotopic (exact) mass is 634 g/mol. The van der Waals surface area contributed by atoms with Crippen molar-refractivity contribution in [3.63, 3.8) is 0 Å². The molecule has 4 aromatic carbocycles. The summed E-state index contributed by atoms with van der Waals surface area (Å²) < 4.78 is 14.3. The van der Waals surface area contributed by atoms with Gasteiger partial charge < -0.3 is 9.47 Å². The van der Waals surface area contributed by atoms with Gasteiger partial charge in [-0.1, -0.05) is 97.1 Å². The van der Waals surface area contributed by atoms with Crippen LogP contribution >= 0.6 is 0 Å². The number of nitrogens with zero attached hydrogens (tertiary/aromatic N) is 4. The van der Waals surface area contributed by atoms with Crippen molar-refractivity contribution in [2.75, 3.05) is 14.2 Å². The van der Waals surface area contributed by atoms with Crippen molar-refractivity contribution in [1.82, 2.24) is 19.6 Å². The minimum Gasteiger partial charge on any atom is -0.497 e. The van der Waals surface area contributed by atoms with E-state index < -0.39 is 12.1 Å². The maximum atomic E-state index is 14.9. The molecule has 2 unspecified atom stereocenters. The van der Waals surface area contributed by atoms with Gasteiger partial charge in [0.1, 0.15) is 23.6 Å². The summed E-state index contributed by atoms with van der Waals surface area (Å²) in [5, 5.41) is 9.76. The number of carbonyl (C=O) groups is 1. The van der Waals surface area contributed by atoms with Crippen molar-refractivity contribution in [3.05, 3.63) is 167 Å². The van der Waals surface area contributed by atoms with Gasteiger partial charge in [-0.05, 0) is 70.8 Å². The Morgan fingerprint density at radius 1 is 0.562 bits per heavy atom. The molecule has 2 aromatic heterocycles. The lowest BCUT2D eigenvalue weighted by molar-refractivity contribution is -0.126. The number of ketones is 1. The number of carbonyl (C=O) groups excluding carboxylic acids is 1. The Kier molecular flexibility index (Phi) is 10.4. The highest BCUT2D eigenvalue weighted by atomic mass is 16.5. The van der Waals surface area contributed by atoms with Crippen LogP contribution in [0, 0.1) is 0 Å². The first-order valence-electron chi connectivity index (χ1n) is 15.9. The fraction of sp³-hybridized carbons (Fsp3) is 0.146. The van der Waals surface area contributed by atoms with E-state index in [9.17, 15) is 4.79 Å². The summed E-state index contributed by atoms with van der Waals surface area (Å²) in [6.07, 6.45) is 12.7. The number of aromatic nitrogens is 4. The molecule has 0 amide bonds. The van der Waals surface area contributed by atoms with Crippen LogP contribution in [0.1, 0.15) is 45.7 Å². The molecule has 0 aliphatic rings. The highest BCUT2D eigenvalue weighted by molar-refractivity contribution is 5.87. The number of Topliss-reactive ketones (excluding diaryl/α,β-unsaturated/α-hetero) is 1. The third-order valence-electron chi connectivity index (χ3n) is 8.22.